The molecule has 0 aliphatic rings. The maximum absolute atomic E-state index is 12.5. The van der Waals surface area contributed by atoms with Gasteiger partial charge in [0.15, 0.2) is 0 Å². The van der Waals surface area contributed by atoms with Gasteiger partial charge in [0.05, 0.1) is 9.13 Å². The Kier molecular flexibility index (Phi) is 3.69. The lowest BCUT2D eigenvalue weighted by molar-refractivity contribution is -0.137. The molecule has 0 bridgehead atoms. The highest BCUT2D eigenvalue weighted by Crippen LogP contribution is 2.32. The molecule has 0 radical (unpaired) electrons. The average Bonchev–Trinajstić information content (AvgIpc) is 2.31. The van der Waals surface area contributed by atoms with E-state index in [0.717, 1.165) is 12.1 Å². The SMILES string of the molecule is FC(F)(F)c1cccc(Oc2ncncc2I)c1. The van der Waals surface area contributed by atoms with Crippen molar-refractivity contribution in [3.8, 4) is 11.6 Å². The van der Waals surface area contributed by atoms with Gasteiger partial charge >= 0.3 is 6.18 Å². The van der Waals surface area contributed by atoms with E-state index in [1.807, 2.05) is 22.6 Å². The molecule has 1 aromatic heterocycles. The summed E-state index contributed by atoms with van der Waals surface area (Å²) in [5.74, 6) is 0.311. The van der Waals surface area contributed by atoms with Crippen LogP contribution >= 0.6 is 22.6 Å². The molecule has 1 aromatic carbocycles. The topological polar surface area (TPSA) is 35.0 Å². The maximum Gasteiger partial charge on any atom is 0.416 e. The Morgan fingerprint density at radius 2 is 2.00 bits per heavy atom. The van der Waals surface area contributed by atoms with Crippen LogP contribution in [0, 0.1) is 3.57 Å². The summed E-state index contributed by atoms with van der Waals surface area (Å²) in [4.78, 5) is 7.61. The Labute approximate surface area is 114 Å². The van der Waals surface area contributed by atoms with E-state index in [2.05, 4.69) is 9.97 Å². The zero-order valence-corrected chi connectivity index (χ0v) is 10.9. The lowest BCUT2D eigenvalue weighted by atomic mass is 10.2. The summed E-state index contributed by atoms with van der Waals surface area (Å²) >= 11 is 1.94. The fourth-order valence-electron chi connectivity index (χ4n) is 1.22. The van der Waals surface area contributed by atoms with Gasteiger partial charge in [-0.05, 0) is 40.8 Å². The van der Waals surface area contributed by atoms with Crippen LogP contribution in [0.5, 0.6) is 11.6 Å². The molecule has 2 rings (SSSR count). The van der Waals surface area contributed by atoms with E-state index in [-0.39, 0.29) is 11.6 Å². The molecule has 0 spiro atoms. The third-order valence-corrected chi connectivity index (χ3v) is 2.75. The van der Waals surface area contributed by atoms with Gasteiger partial charge in [-0.1, -0.05) is 6.07 Å². The Bertz CT molecular complexity index is 560. The van der Waals surface area contributed by atoms with Crippen LogP contribution < -0.4 is 4.74 Å². The predicted octanol–water partition coefficient (Wildman–Crippen LogP) is 3.89. The van der Waals surface area contributed by atoms with E-state index in [0.29, 0.717) is 3.57 Å². The van der Waals surface area contributed by atoms with Crippen LogP contribution in [-0.2, 0) is 6.18 Å². The number of alkyl halides is 3. The summed E-state index contributed by atoms with van der Waals surface area (Å²) < 4.78 is 43.4. The fourth-order valence-corrected chi connectivity index (χ4v) is 1.63. The van der Waals surface area contributed by atoms with Gasteiger partial charge in [-0.2, -0.15) is 13.2 Å². The van der Waals surface area contributed by atoms with E-state index in [1.54, 1.807) is 0 Å². The number of hydrogen-bond donors (Lipinski definition) is 0. The van der Waals surface area contributed by atoms with Crippen molar-refractivity contribution in [3.63, 3.8) is 0 Å². The highest BCUT2D eigenvalue weighted by molar-refractivity contribution is 14.1. The first-order chi connectivity index (χ1) is 8.47. The van der Waals surface area contributed by atoms with E-state index < -0.39 is 11.7 Å². The van der Waals surface area contributed by atoms with Crippen molar-refractivity contribution in [2.24, 2.45) is 0 Å². The molecule has 0 saturated carbocycles. The van der Waals surface area contributed by atoms with Gasteiger partial charge in [0.1, 0.15) is 12.1 Å². The van der Waals surface area contributed by atoms with Crippen molar-refractivity contribution < 1.29 is 17.9 Å². The minimum Gasteiger partial charge on any atom is -0.438 e. The summed E-state index contributed by atoms with van der Waals surface area (Å²) in [6, 6.07) is 4.63. The van der Waals surface area contributed by atoms with Gasteiger partial charge in [-0.15, -0.1) is 0 Å². The number of aromatic nitrogens is 2. The lowest BCUT2D eigenvalue weighted by Crippen LogP contribution is -2.04. The first kappa shape index (κ1) is 13.1. The molecular weight excluding hydrogens is 360 g/mol. The Balaban J connectivity index is 2.28. The first-order valence-electron chi connectivity index (χ1n) is 4.77. The molecule has 18 heavy (non-hydrogen) atoms. The van der Waals surface area contributed by atoms with Gasteiger partial charge in [0, 0.05) is 6.20 Å². The highest BCUT2D eigenvalue weighted by atomic mass is 127. The smallest absolute Gasteiger partial charge is 0.416 e. The van der Waals surface area contributed by atoms with Crippen molar-refractivity contribution in [1.82, 2.24) is 9.97 Å². The molecule has 0 aliphatic heterocycles. The van der Waals surface area contributed by atoms with Crippen molar-refractivity contribution >= 4 is 22.6 Å². The van der Waals surface area contributed by atoms with Crippen molar-refractivity contribution in [2.75, 3.05) is 0 Å². The molecule has 0 N–H and O–H groups in total. The third kappa shape index (κ3) is 3.09. The molecule has 94 valence electrons. The number of halogens is 4. The second-order valence-electron chi connectivity index (χ2n) is 3.30. The van der Waals surface area contributed by atoms with Crippen LogP contribution in [0.3, 0.4) is 0 Å². The minimum absolute atomic E-state index is 0.0847. The molecule has 0 aliphatic carbocycles. The average molecular weight is 366 g/mol. The predicted molar refractivity (Wildman–Crippen MR) is 66.3 cm³/mol. The number of ether oxygens (including phenoxy) is 1. The van der Waals surface area contributed by atoms with Gasteiger partial charge in [0.25, 0.3) is 0 Å². The van der Waals surface area contributed by atoms with E-state index in [1.165, 1.54) is 24.7 Å². The monoisotopic (exact) mass is 366 g/mol. The summed E-state index contributed by atoms with van der Waals surface area (Å²) in [5, 5.41) is 0. The van der Waals surface area contributed by atoms with Crippen LogP contribution in [0.25, 0.3) is 0 Å². The molecule has 3 nitrogen and oxygen atoms in total. The molecule has 0 saturated heterocycles. The quantitative estimate of drug-likeness (QED) is 0.757. The van der Waals surface area contributed by atoms with E-state index >= 15 is 0 Å². The number of rotatable bonds is 2. The van der Waals surface area contributed by atoms with Crippen LogP contribution in [-0.4, -0.2) is 9.97 Å². The molecule has 0 unspecified atom stereocenters. The minimum atomic E-state index is -4.39. The Hall–Kier alpha value is -1.38. The standard InChI is InChI=1S/C11H6F3IN2O/c12-11(13,14)7-2-1-3-8(4-7)18-10-9(15)5-16-6-17-10/h1-6H. The van der Waals surface area contributed by atoms with Crippen molar-refractivity contribution in [1.29, 1.82) is 0 Å². The fraction of sp³-hybridized carbons (Fsp3) is 0.0909. The zero-order chi connectivity index (χ0) is 13.2. The van der Waals surface area contributed by atoms with Crippen molar-refractivity contribution in [2.45, 2.75) is 6.18 Å². The molecule has 7 heteroatoms. The summed E-state index contributed by atoms with van der Waals surface area (Å²) in [7, 11) is 0. The molecule has 2 aromatic rings. The molecule has 0 fully saturated rings. The number of hydrogen-bond acceptors (Lipinski definition) is 3. The van der Waals surface area contributed by atoms with E-state index in [9.17, 15) is 13.2 Å². The zero-order valence-electron chi connectivity index (χ0n) is 8.78. The van der Waals surface area contributed by atoms with Gasteiger partial charge in [-0.25, -0.2) is 9.97 Å². The number of benzene rings is 1. The van der Waals surface area contributed by atoms with Gasteiger partial charge < -0.3 is 4.74 Å². The van der Waals surface area contributed by atoms with Crippen LogP contribution in [0.4, 0.5) is 13.2 Å². The Morgan fingerprint density at radius 1 is 1.22 bits per heavy atom. The van der Waals surface area contributed by atoms with Crippen LogP contribution in [0.15, 0.2) is 36.8 Å². The van der Waals surface area contributed by atoms with Crippen LogP contribution in [0.1, 0.15) is 5.56 Å². The Morgan fingerprint density at radius 3 is 2.67 bits per heavy atom. The molecular formula is C11H6F3IN2O. The van der Waals surface area contributed by atoms with Crippen LogP contribution in [0.2, 0.25) is 0 Å². The van der Waals surface area contributed by atoms with Gasteiger partial charge in [-0.3, -0.25) is 0 Å². The normalized spacial score (nSPS) is 11.3. The first-order valence-corrected chi connectivity index (χ1v) is 5.85. The summed E-state index contributed by atoms with van der Waals surface area (Å²) in [6.07, 6.45) is -1.61. The van der Waals surface area contributed by atoms with E-state index in [4.69, 9.17) is 4.74 Å². The van der Waals surface area contributed by atoms with Crippen molar-refractivity contribution in [3.05, 3.63) is 45.9 Å². The van der Waals surface area contributed by atoms with Gasteiger partial charge in [0.2, 0.25) is 5.88 Å². The second-order valence-corrected chi connectivity index (χ2v) is 4.47. The maximum atomic E-state index is 12.5. The molecule has 0 atom stereocenters. The second kappa shape index (κ2) is 5.09. The molecule has 0 amide bonds. The summed E-state index contributed by atoms with van der Waals surface area (Å²) in [5.41, 5.74) is -0.760. The lowest BCUT2D eigenvalue weighted by Gasteiger charge is -2.09. The summed E-state index contributed by atoms with van der Waals surface area (Å²) in [6.45, 7) is 0. The largest absolute Gasteiger partial charge is 0.438 e. The number of nitrogens with zero attached hydrogens (tertiary/aromatic N) is 2. The highest BCUT2D eigenvalue weighted by Gasteiger charge is 2.30. The molecule has 1 heterocycles. The third-order valence-electron chi connectivity index (χ3n) is 2.01.